The lowest BCUT2D eigenvalue weighted by molar-refractivity contribution is -0.0628. The number of rotatable bonds is 3. The van der Waals surface area contributed by atoms with Crippen molar-refractivity contribution in [2.75, 3.05) is 6.61 Å². The highest BCUT2D eigenvalue weighted by Gasteiger charge is 2.54. The number of fused-ring (bicyclic) bond motifs is 9. The molecule has 5 rings (SSSR count). The van der Waals surface area contributed by atoms with Crippen molar-refractivity contribution in [2.45, 2.75) is 51.2 Å². The van der Waals surface area contributed by atoms with E-state index >= 15 is 0 Å². The Morgan fingerprint density at radius 1 is 1.04 bits per heavy atom. The SMILES string of the molecule is CCOC(=O)c1[nH]cc2c1[C@H]1c3cc4ccccc4cc3[C@@H]2[C@H]1OC(C)(C)C. The van der Waals surface area contributed by atoms with E-state index in [0.717, 1.165) is 5.56 Å². The molecule has 4 heteroatoms. The van der Waals surface area contributed by atoms with E-state index in [1.807, 2.05) is 13.1 Å². The Labute approximate surface area is 164 Å². The van der Waals surface area contributed by atoms with Gasteiger partial charge in [-0.25, -0.2) is 4.79 Å². The number of carbonyl (C=O) groups is 1. The molecule has 0 aliphatic heterocycles. The molecule has 28 heavy (non-hydrogen) atoms. The van der Waals surface area contributed by atoms with E-state index in [1.165, 1.54) is 27.5 Å². The summed E-state index contributed by atoms with van der Waals surface area (Å²) in [5.41, 5.74) is 5.13. The number of nitrogens with one attached hydrogen (secondary N) is 1. The van der Waals surface area contributed by atoms with Crippen molar-refractivity contribution in [1.29, 1.82) is 0 Å². The second-order valence-electron chi connectivity index (χ2n) is 8.73. The Balaban J connectivity index is 1.70. The number of H-pyrrole nitrogens is 1. The molecule has 0 spiro atoms. The van der Waals surface area contributed by atoms with Crippen LogP contribution in [0.2, 0.25) is 0 Å². The monoisotopic (exact) mass is 375 g/mol. The Bertz CT molecular complexity index is 1090. The van der Waals surface area contributed by atoms with E-state index in [0.29, 0.717) is 12.3 Å². The van der Waals surface area contributed by atoms with Crippen LogP contribution in [0.15, 0.2) is 42.6 Å². The lowest BCUT2D eigenvalue weighted by Gasteiger charge is -2.28. The van der Waals surface area contributed by atoms with Crippen molar-refractivity contribution in [3.63, 3.8) is 0 Å². The van der Waals surface area contributed by atoms with E-state index in [2.05, 4.69) is 62.2 Å². The van der Waals surface area contributed by atoms with Gasteiger partial charge in [-0.1, -0.05) is 36.4 Å². The van der Waals surface area contributed by atoms with Crippen molar-refractivity contribution in [2.24, 2.45) is 0 Å². The quantitative estimate of drug-likeness (QED) is 0.647. The fourth-order valence-corrected chi connectivity index (χ4v) is 4.98. The zero-order valence-corrected chi connectivity index (χ0v) is 16.7. The minimum Gasteiger partial charge on any atom is -0.461 e. The Morgan fingerprint density at radius 3 is 2.29 bits per heavy atom. The Hall–Kier alpha value is -2.59. The maximum Gasteiger partial charge on any atom is 0.355 e. The first kappa shape index (κ1) is 17.5. The summed E-state index contributed by atoms with van der Waals surface area (Å²) >= 11 is 0. The van der Waals surface area contributed by atoms with Crippen molar-refractivity contribution < 1.29 is 14.3 Å². The fraction of sp³-hybridized carbons (Fsp3) is 0.375. The van der Waals surface area contributed by atoms with Gasteiger partial charge >= 0.3 is 5.97 Å². The molecule has 0 unspecified atom stereocenters. The molecular weight excluding hydrogens is 350 g/mol. The highest BCUT2D eigenvalue weighted by Crippen LogP contribution is 2.60. The van der Waals surface area contributed by atoms with E-state index in [4.69, 9.17) is 9.47 Å². The first-order valence-corrected chi connectivity index (χ1v) is 9.97. The molecule has 1 aromatic heterocycles. The zero-order chi connectivity index (χ0) is 19.6. The average molecular weight is 375 g/mol. The van der Waals surface area contributed by atoms with Crippen LogP contribution in [-0.4, -0.2) is 29.3 Å². The van der Waals surface area contributed by atoms with E-state index in [9.17, 15) is 4.79 Å². The van der Waals surface area contributed by atoms with E-state index < -0.39 is 0 Å². The summed E-state index contributed by atoms with van der Waals surface area (Å²) in [4.78, 5) is 15.8. The van der Waals surface area contributed by atoms with Crippen molar-refractivity contribution in [1.82, 2.24) is 4.98 Å². The Morgan fingerprint density at radius 2 is 1.68 bits per heavy atom. The number of aromatic amines is 1. The number of hydrogen-bond donors (Lipinski definition) is 1. The molecule has 0 saturated carbocycles. The second kappa shape index (κ2) is 5.95. The topological polar surface area (TPSA) is 51.3 Å². The molecule has 4 nitrogen and oxygen atoms in total. The maximum absolute atomic E-state index is 12.6. The third-order valence-corrected chi connectivity index (χ3v) is 5.85. The molecule has 0 radical (unpaired) electrons. The third-order valence-electron chi connectivity index (χ3n) is 5.85. The van der Waals surface area contributed by atoms with Gasteiger partial charge in [-0.2, -0.15) is 0 Å². The van der Waals surface area contributed by atoms with Crippen molar-refractivity contribution in [3.05, 3.63) is 70.5 Å². The predicted octanol–water partition coefficient (Wildman–Crippen LogP) is 5.12. The molecule has 2 aliphatic carbocycles. The highest BCUT2D eigenvalue weighted by atomic mass is 16.5. The average Bonchev–Trinajstić information content (AvgIpc) is 3.26. The largest absolute Gasteiger partial charge is 0.461 e. The van der Waals surface area contributed by atoms with Gasteiger partial charge in [0.25, 0.3) is 0 Å². The molecule has 144 valence electrons. The minimum absolute atomic E-state index is 0.000381. The van der Waals surface area contributed by atoms with E-state index in [-0.39, 0.29) is 29.5 Å². The van der Waals surface area contributed by atoms with Gasteiger partial charge in [0.05, 0.1) is 18.3 Å². The lowest BCUT2D eigenvalue weighted by Crippen LogP contribution is -2.30. The summed E-state index contributed by atoms with van der Waals surface area (Å²) in [5, 5.41) is 2.46. The summed E-state index contributed by atoms with van der Waals surface area (Å²) in [6.45, 7) is 8.48. The number of benzene rings is 2. The smallest absolute Gasteiger partial charge is 0.355 e. The predicted molar refractivity (Wildman–Crippen MR) is 109 cm³/mol. The van der Waals surface area contributed by atoms with Crippen LogP contribution < -0.4 is 0 Å². The molecule has 0 saturated heterocycles. The molecule has 2 bridgehead atoms. The van der Waals surface area contributed by atoms with Gasteiger partial charge in [0.2, 0.25) is 0 Å². The summed E-state index contributed by atoms with van der Waals surface area (Å²) in [5.74, 6) is -0.101. The fourth-order valence-electron chi connectivity index (χ4n) is 4.98. The first-order valence-electron chi connectivity index (χ1n) is 9.97. The van der Waals surface area contributed by atoms with Crippen LogP contribution in [0.1, 0.15) is 72.3 Å². The van der Waals surface area contributed by atoms with Gasteiger partial charge in [-0.05, 0) is 60.7 Å². The summed E-state index contributed by atoms with van der Waals surface area (Å²) in [6, 6.07) is 13.0. The minimum atomic E-state index is -0.284. The molecule has 3 atom stereocenters. The first-order chi connectivity index (χ1) is 13.4. The molecule has 2 aliphatic rings. The number of carbonyl (C=O) groups excluding carboxylic acids is 1. The van der Waals surface area contributed by atoms with Gasteiger partial charge in [0.1, 0.15) is 5.69 Å². The lowest BCUT2D eigenvalue weighted by atomic mass is 9.85. The van der Waals surface area contributed by atoms with Gasteiger partial charge in [-0.15, -0.1) is 0 Å². The number of aromatic nitrogens is 1. The molecule has 0 amide bonds. The normalized spacial score (nSPS) is 22.4. The molecule has 2 aromatic carbocycles. The molecular formula is C24H25NO3. The van der Waals surface area contributed by atoms with Crippen LogP contribution in [0.25, 0.3) is 10.8 Å². The van der Waals surface area contributed by atoms with Gasteiger partial charge in [0.15, 0.2) is 0 Å². The van der Waals surface area contributed by atoms with Crippen molar-refractivity contribution >= 4 is 16.7 Å². The van der Waals surface area contributed by atoms with Gasteiger partial charge < -0.3 is 14.5 Å². The number of ether oxygens (including phenoxy) is 2. The number of hydrogen-bond acceptors (Lipinski definition) is 3. The van der Waals surface area contributed by atoms with Gasteiger partial charge in [0, 0.05) is 18.0 Å². The highest BCUT2D eigenvalue weighted by molar-refractivity contribution is 5.92. The maximum atomic E-state index is 12.6. The van der Waals surface area contributed by atoms with Crippen molar-refractivity contribution in [3.8, 4) is 0 Å². The molecule has 3 aromatic rings. The van der Waals surface area contributed by atoms with Crippen LogP contribution in [0.3, 0.4) is 0 Å². The summed E-state index contributed by atoms with van der Waals surface area (Å²) in [6.07, 6.45) is 1.98. The van der Waals surface area contributed by atoms with E-state index in [1.54, 1.807) is 0 Å². The second-order valence-corrected chi connectivity index (χ2v) is 8.73. The van der Waals surface area contributed by atoms with Crippen LogP contribution in [0, 0.1) is 0 Å². The summed E-state index contributed by atoms with van der Waals surface area (Å²) in [7, 11) is 0. The number of esters is 1. The molecule has 1 heterocycles. The molecule has 0 fully saturated rings. The standard InChI is InChI=1S/C24H25NO3/c1-5-27-23(26)21-19-17(12-25-21)18-15-10-13-8-6-7-9-14(13)11-16(15)20(19)22(18)28-24(2,3)4/h6-12,18,20,22,25H,5H2,1-4H3/t18-,20+,22+/m0/s1. The van der Waals surface area contributed by atoms with Crippen LogP contribution >= 0.6 is 0 Å². The zero-order valence-electron chi connectivity index (χ0n) is 16.7. The third kappa shape index (κ3) is 2.44. The molecule has 1 N–H and O–H groups in total. The summed E-state index contributed by atoms with van der Waals surface area (Å²) < 4.78 is 11.9. The van der Waals surface area contributed by atoms with Crippen LogP contribution in [-0.2, 0) is 9.47 Å². The van der Waals surface area contributed by atoms with Crippen LogP contribution in [0.5, 0.6) is 0 Å². The Kier molecular flexibility index (Phi) is 3.72. The van der Waals surface area contributed by atoms with Crippen LogP contribution in [0.4, 0.5) is 0 Å². The van der Waals surface area contributed by atoms with Gasteiger partial charge in [-0.3, -0.25) is 0 Å².